The average Bonchev–Trinajstić information content (AvgIpc) is 2.30. The number of carbonyl (C=O) groups is 1. The maximum Gasteiger partial charge on any atom is 0.176 e. The number of benzene rings is 1. The summed E-state index contributed by atoms with van der Waals surface area (Å²) in [5.74, 6) is 2.10. The third kappa shape index (κ3) is 3.93. The van der Waals surface area contributed by atoms with Crippen LogP contribution in [0.25, 0.3) is 0 Å². The molecule has 0 spiro atoms. The number of rotatable bonds is 6. The van der Waals surface area contributed by atoms with Crippen LogP contribution in [0.3, 0.4) is 0 Å². The van der Waals surface area contributed by atoms with Gasteiger partial charge >= 0.3 is 0 Å². The average molecular weight is 273 g/mol. The highest BCUT2D eigenvalue weighted by Gasteiger charge is 2.14. The molecule has 0 aromatic heterocycles. The van der Waals surface area contributed by atoms with Gasteiger partial charge in [-0.3, -0.25) is 4.79 Å². The maximum absolute atomic E-state index is 12.0. The van der Waals surface area contributed by atoms with Crippen LogP contribution < -0.4 is 4.74 Å². The second kappa shape index (κ2) is 6.92. The van der Waals surface area contributed by atoms with E-state index in [0.29, 0.717) is 28.7 Å². The Morgan fingerprint density at radius 1 is 1.41 bits per heavy atom. The number of carbonyl (C=O) groups excluding carboxylic acids is 1. The Labute approximate surface area is 112 Å². The van der Waals surface area contributed by atoms with E-state index in [1.165, 1.54) is 0 Å². The Hall–Kier alpha value is -0.670. The van der Waals surface area contributed by atoms with Gasteiger partial charge < -0.3 is 4.74 Å². The summed E-state index contributed by atoms with van der Waals surface area (Å²) in [5, 5.41) is 0.610. The van der Waals surface area contributed by atoms with Crippen molar-refractivity contribution in [2.45, 2.75) is 20.8 Å². The van der Waals surface area contributed by atoms with E-state index in [0.717, 1.165) is 11.3 Å². The van der Waals surface area contributed by atoms with Crippen molar-refractivity contribution in [3.05, 3.63) is 28.3 Å². The van der Waals surface area contributed by atoms with E-state index < -0.39 is 0 Å². The number of ether oxygens (including phenoxy) is 1. The highest BCUT2D eigenvalue weighted by molar-refractivity contribution is 7.99. The summed E-state index contributed by atoms with van der Waals surface area (Å²) < 4.78 is 5.49. The quantitative estimate of drug-likeness (QED) is 0.733. The molecule has 1 aromatic rings. The third-order valence-electron chi connectivity index (χ3n) is 2.30. The lowest BCUT2D eigenvalue weighted by atomic mass is 10.1. The number of aryl methyl sites for hydroxylation is 1. The zero-order valence-electron chi connectivity index (χ0n) is 10.4. The molecule has 0 saturated heterocycles. The molecule has 0 saturated carbocycles. The summed E-state index contributed by atoms with van der Waals surface area (Å²) in [6.07, 6.45) is 0. The van der Waals surface area contributed by atoms with Gasteiger partial charge in [-0.05, 0) is 37.3 Å². The van der Waals surface area contributed by atoms with E-state index in [2.05, 4.69) is 0 Å². The molecule has 2 nitrogen and oxygen atoms in total. The van der Waals surface area contributed by atoms with Crippen molar-refractivity contribution in [2.24, 2.45) is 0 Å². The summed E-state index contributed by atoms with van der Waals surface area (Å²) >= 11 is 7.65. The van der Waals surface area contributed by atoms with Crippen LogP contribution >= 0.6 is 23.4 Å². The van der Waals surface area contributed by atoms with Gasteiger partial charge in [0.2, 0.25) is 0 Å². The normalized spacial score (nSPS) is 10.4. The molecule has 0 atom stereocenters. The minimum Gasteiger partial charge on any atom is -0.493 e. The molecule has 94 valence electrons. The van der Waals surface area contributed by atoms with Crippen LogP contribution in [0.5, 0.6) is 5.75 Å². The Kier molecular flexibility index (Phi) is 5.86. The zero-order chi connectivity index (χ0) is 12.8. The van der Waals surface area contributed by atoms with Crippen molar-refractivity contribution >= 4 is 29.1 Å². The SMILES string of the molecule is CCOc1cc(C)c(Cl)cc1C(=O)CSCC. The van der Waals surface area contributed by atoms with Crippen molar-refractivity contribution in [1.82, 2.24) is 0 Å². The van der Waals surface area contributed by atoms with Crippen LogP contribution in [0, 0.1) is 6.92 Å². The number of halogens is 1. The van der Waals surface area contributed by atoms with E-state index in [9.17, 15) is 4.79 Å². The predicted molar refractivity (Wildman–Crippen MR) is 74.7 cm³/mol. The Morgan fingerprint density at radius 3 is 2.71 bits per heavy atom. The molecule has 0 aliphatic carbocycles. The highest BCUT2D eigenvalue weighted by Crippen LogP contribution is 2.28. The Balaban J connectivity index is 3.02. The Bertz CT molecular complexity index is 405. The number of hydrogen-bond donors (Lipinski definition) is 0. The molecule has 0 N–H and O–H groups in total. The first-order valence-electron chi connectivity index (χ1n) is 5.64. The highest BCUT2D eigenvalue weighted by atomic mass is 35.5. The Morgan fingerprint density at radius 2 is 2.12 bits per heavy atom. The molecule has 0 amide bonds. The van der Waals surface area contributed by atoms with E-state index in [-0.39, 0.29) is 5.78 Å². The lowest BCUT2D eigenvalue weighted by Gasteiger charge is -2.11. The first-order chi connectivity index (χ1) is 8.10. The van der Waals surface area contributed by atoms with Crippen LogP contribution in [0.4, 0.5) is 0 Å². The lowest BCUT2D eigenvalue weighted by Crippen LogP contribution is -2.07. The van der Waals surface area contributed by atoms with Crippen LogP contribution in [-0.4, -0.2) is 23.9 Å². The van der Waals surface area contributed by atoms with Gasteiger partial charge in [-0.2, -0.15) is 11.8 Å². The molecule has 17 heavy (non-hydrogen) atoms. The first-order valence-corrected chi connectivity index (χ1v) is 7.17. The summed E-state index contributed by atoms with van der Waals surface area (Å²) in [5.41, 5.74) is 1.51. The van der Waals surface area contributed by atoms with Gasteiger partial charge in [-0.25, -0.2) is 0 Å². The molecule has 0 fully saturated rings. The summed E-state index contributed by atoms with van der Waals surface area (Å²) in [6.45, 7) is 6.38. The molecule has 1 rings (SSSR count). The van der Waals surface area contributed by atoms with Crippen molar-refractivity contribution in [3.8, 4) is 5.75 Å². The largest absolute Gasteiger partial charge is 0.493 e. The lowest BCUT2D eigenvalue weighted by molar-refractivity contribution is 0.101. The molecule has 0 aliphatic heterocycles. The van der Waals surface area contributed by atoms with Crippen molar-refractivity contribution in [1.29, 1.82) is 0 Å². The van der Waals surface area contributed by atoms with Gasteiger partial charge in [-0.15, -0.1) is 0 Å². The van der Waals surface area contributed by atoms with Crippen LogP contribution in [0.1, 0.15) is 29.8 Å². The monoisotopic (exact) mass is 272 g/mol. The van der Waals surface area contributed by atoms with Gasteiger partial charge in [0.05, 0.1) is 17.9 Å². The molecule has 4 heteroatoms. The van der Waals surface area contributed by atoms with Gasteiger partial charge in [-0.1, -0.05) is 18.5 Å². The van der Waals surface area contributed by atoms with Gasteiger partial charge in [0, 0.05) is 5.02 Å². The van der Waals surface area contributed by atoms with Crippen LogP contribution in [-0.2, 0) is 0 Å². The van der Waals surface area contributed by atoms with Crippen LogP contribution in [0.2, 0.25) is 5.02 Å². The molecule has 0 radical (unpaired) electrons. The topological polar surface area (TPSA) is 26.3 Å². The molecule has 0 heterocycles. The fraction of sp³-hybridized carbons (Fsp3) is 0.462. The number of hydrogen-bond acceptors (Lipinski definition) is 3. The van der Waals surface area contributed by atoms with Gasteiger partial charge in [0.1, 0.15) is 5.75 Å². The fourth-order valence-electron chi connectivity index (χ4n) is 1.42. The zero-order valence-corrected chi connectivity index (χ0v) is 12.0. The van der Waals surface area contributed by atoms with Gasteiger partial charge in [0.25, 0.3) is 0 Å². The van der Waals surface area contributed by atoms with Crippen molar-refractivity contribution < 1.29 is 9.53 Å². The number of thioether (sulfide) groups is 1. The summed E-state index contributed by atoms with van der Waals surface area (Å²) in [7, 11) is 0. The molecule has 1 aromatic carbocycles. The minimum absolute atomic E-state index is 0.0715. The molecular formula is C13H17ClO2S. The molecule has 0 bridgehead atoms. The van der Waals surface area contributed by atoms with E-state index in [1.54, 1.807) is 17.8 Å². The van der Waals surface area contributed by atoms with E-state index in [1.807, 2.05) is 26.8 Å². The predicted octanol–water partition coefficient (Wildman–Crippen LogP) is 3.98. The van der Waals surface area contributed by atoms with Gasteiger partial charge in [0.15, 0.2) is 5.78 Å². The number of Topliss-reactive ketones (excluding diaryl/α,β-unsaturated/α-hetero) is 1. The summed E-state index contributed by atoms with van der Waals surface area (Å²) in [6, 6.07) is 3.54. The second-order valence-corrected chi connectivity index (χ2v) is 5.27. The standard InChI is InChI=1S/C13H17ClO2S/c1-4-16-13-6-9(3)11(14)7-10(13)12(15)8-17-5-2/h6-7H,4-5,8H2,1-3H3. The number of ketones is 1. The van der Waals surface area contributed by atoms with E-state index >= 15 is 0 Å². The van der Waals surface area contributed by atoms with E-state index in [4.69, 9.17) is 16.3 Å². The maximum atomic E-state index is 12.0. The van der Waals surface area contributed by atoms with Crippen molar-refractivity contribution in [3.63, 3.8) is 0 Å². The molecule has 0 unspecified atom stereocenters. The molecular weight excluding hydrogens is 256 g/mol. The fourth-order valence-corrected chi connectivity index (χ4v) is 2.13. The van der Waals surface area contributed by atoms with Crippen molar-refractivity contribution in [2.75, 3.05) is 18.1 Å². The smallest absolute Gasteiger partial charge is 0.176 e. The second-order valence-electron chi connectivity index (χ2n) is 3.59. The van der Waals surface area contributed by atoms with Crippen LogP contribution in [0.15, 0.2) is 12.1 Å². The first kappa shape index (κ1) is 14.4. The molecule has 0 aliphatic rings. The third-order valence-corrected chi connectivity index (χ3v) is 3.58. The summed E-state index contributed by atoms with van der Waals surface area (Å²) in [4.78, 5) is 12.0. The minimum atomic E-state index is 0.0715.